The van der Waals surface area contributed by atoms with Crippen molar-refractivity contribution in [3.8, 4) is 0 Å². The molecule has 144 valence electrons. The average Bonchev–Trinajstić information content (AvgIpc) is 3.22. The first-order chi connectivity index (χ1) is 13.6. The van der Waals surface area contributed by atoms with Gasteiger partial charge in [0.15, 0.2) is 5.76 Å². The maximum atomic E-state index is 12.1. The summed E-state index contributed by atoms with van der Waals surface area (Å²) in [5.41, 5.74) is 4.01. The van der Waals surface area contributed by atoms with Crippen LogP contribution < -0.4 is 10.6 Å². The molecule has 0 unspecified atom stereocenters. The molecule has 3 aromatic rings. The molecule has 6 heteroatoms. The first-order valence-corrected chi connectivity index (χ1v) is 10.1. The molecular formula is C22H22N2O3S. The van der Waals surface area contributed by atoms with Gasteiger partial charge in [0.25, 0.3) is 5.91 Å². The molecule has 0 aliphatic carbocycles. The Bertz CT molecular complexity index is 938. The number of rotatable bonds is 8. The fourth-order valence-electron chi connectivity index (χ4n) is 2.67. The second-order valence-corrected chi connectivity index (χ2v) is 7.38. The number of aryl methyl sites for hydroxylation is 1. The third-order valence-corrected chi connectivity index (χ3v) is 5.01. The van der Waals surface area contributed by atoms with E-state index in [0.717, 1.165) is 11.3 Å². The van der Waals surface area contributed by atoms with Crippen molar-refractivity contribution in [3.05, 3.63) is 89.4 Å². The van der Waals surface area contributed by atoms with Crippen molar-refractivity contribution in [2.24, 2.45) is 0 Å². The van der Waals surface area contributed by atoms with Gasteiger partial charge in [0, 0.05) is 18.0 Å². The van der Waals surface area contributed by atoms with Crippen LogP contribution in [0, 0.1) is 6.92 Å². The number of hydrogen-bond donors (Lipinski definition) is 2. The lowest BCUT2D eigenvalue weighted by Gasteiger charge is -2.08. The number of anilines is 1. The predicted octanol–water partition coefficient (Wildman–Crippen LogP) is 4.39. The number of amides is 2. The van der Waals surface area contributed by atoms with Gasteiger partial charge in [-0.25, -0.2) is 0 Å². The third kappa shape index (κ3) is 6.03. The van der Waals surface area contributed by atoms with Gasteiger partial charge in [-0.2, -0.15) is 0 Å². The van der Waals surface area contributed by atoms with Gasteiger partial charge in [0.2, 0.25) is 5.91 Å². The maximum Gasteiger partial charge on any atom is 0.291 e. The minimum atomic E-state index is -0.307. The Kier molecular flexibility index (Phi) is 6.92. The number of carbonyl (C=O) groups is 2. The van der Waals surface area contributed by atoms with E-state index in [1.54, 1.807) is 30.0 Å². The summed E-state index contributed by atoms with van der Waals surface area (Å²) in [6.07, 6.45) is 1.46. The molecule has 0 bridgehead atoms. The van der Waals surface area contributed by atoms with Crippen LogP contribution in [0.15, 0.2) is 71.3 Å². The molecule has 0 spiro atoms. The number of furan rings is 1. The van der Waals surface area contributed by atoms with Crippen molar-refractivity contribution >= 4 is 29.3 Å². The Morgan fingerprint density at radius 1 is 1.00 bits per heavy atom. The highest BCUT2D eigenvalue weighted by molar-refractivity contribution is 7.99. The molecule has 0 saturated heterocycles. The van der Waals surface area contributed by atoms with Gasteiger partial charge in [0.05, 0.1) is 12.0 Å². The van der Waals surface area contributed by atoms with Crippen LogP contribution in [0.4, 0.5) is 5.69 Å². The van der Waals surface area contributed by atoms with Crippen LogP contribution in [-0.4, -0.2) is 17.6 Å². The summed E-state index contributed by atoms with van der Waals surface area (Å²) in [6.45, 7) is 2.47. The van der Waals surface area contributed by atoms with Gasteiger partial charge in [0.1, 0.15) is 0 Å². The minimum absolute atomic E-state index is 0.0114. The predicted molar refractivity (Wildman–Crippen MR) is 112 cm³/mol. The molecule has 1 heterocycles. The molecule has 0 radical (unpaired) electrons. The second kappa shape index (κ2) is 9.80. The summed E-state index contributed by atoms with van der Waals surface area (Å²) in [7, 11) is 0. The molecule has 0 aliphatic rings. The highest BCUT2D eigenvalue weighted by atomic mass is 32.2. The van der Waals surface area contributed by atoms with E-state index in [1.807, 2.05) is 24.3 Å². The van der Waals surface area contributed by atoms with E-state index in [1.165, 1.54) is 17.4 Å². The molecule has 0 atom stereocenters. The molecule has 0 saturated carbocycles. The Hall–Kier alpha value is -2.99. The normalized spacial score (nSPS) is 10.5. The van der Waals surface area contributed by atoms with E-state index < -0.39 is 0 Å². The van der Waals surface area contributed by atoms with Crippen molar-refractivity contribution in [2.75, 3.05) is 11.1 Å². The zero-order valence-corrected chi connectivity index (χ0v) is 16.4. The van der Waals surface area contributed by atoms with Crippen molar-refractivity contribution in [1.82, 2.24) is 5.32 Å². The van der Waals surface area contributed by atoms with Gasteiger partial charge in [-0.05, 0) is 42.3 Å². The van der Waals surface area contributed by atoms with Crippen LogP contribution >= 0.6 is 11.8 Å². The lowest BCUT2D eigenvalue weighted by Crippen LogP contribution is -2.24. The van der Waals surface area contributed by atoms with Gasteiger partial charge in [-0.15, -0.1) is 11.8 Å². The summed E-state index contributed by atoms with van der Waals surface area (Å²) in [6, 6.07) is 18.9. The largest absolute Gasteiger partial charge is 0.459 e. The summed E-state index contributed by atoms with van der Waals surface area (Å²) < 4.78 is 5.08. The maximum absolute atomic E-state index is 12.1. The summed E-state index contributed by atoms with van der Waals surface area (Å²) >= 11 is 1.59. The number of hydrogen-bond acceptors (Lipinski definition) is 4. The van der Waals surface area contributed by atoms with E-state index in [0.29, 0.717) is 18.0 Å². The average molecular weight is 394 g/mol. The quantitative estimate of drug-likeness (QED) is 0.594. The third-order valence-electron chi connectivity index (χ3n) is 4.00. The number of nitrogens with one attached hydrogen (secondary N) is 2. The SMILES string of the molecule is Cc1cccc(CSCC(=O)NCc2cccc(NC(=O)c3ccco3)c2)c1. The Morgan fingerprint density at radius 2 is 1.82 bits per heavy atom. The standard InChI is InChI=1S/C22H22N2O3S/c1-16-5-2-7-18(11-16)14-28-15-21(25)23-13-17-6-3-8-19(12-17)24-22(26)20-9-4-10-27-20/h2-12H,13-15H2,1H3,(H,23,25)(H,24,26). The molecule has 2 aromatic carbocycles. The van der Waals surface area contributed by atoms with Gasteiger partial charge in [-0.1, -0.05) is 42.0 Å². The monoisotopic (exact) mass is 394 g/mol. The Balaban J connectivity index is 1.43. The number of benzene rings is 2. The van der Waals surface area contributed by atoms with Crippen LogP contribution in [0.2, 0.25) is 0 Å². The van der Waals surface area contributed by atoms with Crippen LogP contribution in [0.1, 0.15) is 27.2 Å². The first-order valence-electron chi connectivity index (χ1n) is 8.94. The Labute approximate surface area is 168 Å². The van der Waals surface area contributed by atoms with Crippen molar-refractivity contribution in [2.45, 2.75) is 19.2 Å². The van der Waals surface area contributed by atoms with Crippen LogP contribution in [0.25, 0.3) is 0 Å². The zero-order chi connectivity index (χ0) is 19.8. The molecule has 2 N–H and O–H groups in total. The topological polar surface area (TPSA) is 71.3 Å². The molecular weight excluding hydrogens is 372 g/mol. The zero-order valence-electron chi connectivity index (χ0n) is 15.6. The van der Waals surface area contributed by atoms with Gasteiger partial charge < -0.3 is 15.1 Å². The van der Waals surface area contributed by atoms with Crippen molar-refractivity contribution in [1.29, 1.82) is 0 Å². The van der Waals surface area contributed by atoms with Crippen LogP contribution in [0.5, 0.6) is 0 Å². The van der Waals surface area contributed by atoms with Crippen molar-refractivity contribution in [3.63, 3.8) is 0 Å². The van der Waals surface area contributed by atoms with E-state index in [9.17, 15) is 9.59 Å². The molecule has 28 heavy (non-hydrogen) atoms. The van der Waals surface area contributed by atoms with E-state index in [4.69, 9.17) is 4.42 Å². The number of thioether (sulfide) groups is 1. The summed E-state index contributed by atoms with van der Waals surface area (Å²) in [5, 5.41) is 5.69. The molecule has 0 fully saturated rings. The minimum Gasteiger partial charge on any atom is -0.459 e. The first kappa shape index (κ1) is 19.8. The van der Waals surface area contributed by atoms with E-state index in [-0.39, 0.29) is 17.6 Å². The van der Waals surface area contributed by atoms with Crippen LogP contribution in [0.3, 0.4) is 0 Å². The second-order valence-electron chi connectivity index (χ2n) is 6.39. The highest BCUT2D eigenvalue weighted by Gasteiger charge is 2.09. The Morgan fingerprint density at radius 3 is 2.61 bits per heavy atom. The fraction of sp³-hybridized carbons (Fsp3) is 0.182. The highest BCUT2D eigenvalue weighted by Crippen LogP contribution is 2.14. The molecule has 1 aromatic heterocycles. The van der Waals surface area contributed by atoms with Crippen LogP contribution in [-0.2, 0) is 17.1 Å². The van der Waals surface area contributed by atoms with Gasteiger partial charge in [-0.3, -0.25) is 9.59 Å². The summed E-state index contributed by atoms with van der Waals surface area (Å²) in [4.78, 5) is 24.1. The molecule has 2 amide bonds. The molecule has 3 rings (SSSR count). The molecule has 0 aliphatic heterocycles. The number of carbonyl (C=O) groups excluding carboxylic acids is 2. The van der Waals surface area contributed by atoms with E-state index >= 15 is 0 Å². The van der Waals surface area contributed by atoms with Gasteiger partial charge >= 0.3 is 0 Å². The van der Waals surface area contributed by atoms with Crippen molar-refractivity contribution < 1.29 is 14.0 Å². The lowest BCUT2D eigenvalue weighted by molar-refractivity contribution is -0.118. The summed E-state index contributed by atoms with van der Waals surface area (Å²) in [5.74, 6) is 1.15. The fourth-order valence-corrected chi connectivity index (χ4v) is 3.48. The molecule has 5 nitrogen and oxygen atoms in total. The lowest BCUT2D eigenvalue weighted by atomic mass is 10.2. The van der Waals surface area contributed by atoms with E-state index in [2.05, 4.69) is 35.8 Å². The smallest absolute Gasteiger partial charge is 0.291 e.